The van der Waals surface area contributed by atoms with Crippen LogP contribution in [0.4, 0.5) is 17.6 Å². The smallest absolute Gasteiger partial charge is 0.417 e. The van der Waals surface area contributed by atoms with Crippen molar-refractivity contribution >= 4 is 10.9 Å². The van der Waals surface area contributed by atoms with E-state index in [1.54, 1.807) is 38.1 Å². The molecule has 32 heavy (non-hydrogen) atoms. The highest BCUT2D eigenvalue weighted by Crippen LogP contribution is 2.47. The van der Waals surface area contributed by atoms with Crippen LogP contribution in [0, 0.1) is 17.1 Å². The van der Waals surface area contributed by atoms with Crippen molar-refractivity contribution in [1.29, 1.82) is 5.26 Å². The van der Waals surface area contributed by atoms with Crippen LogP contribution in [-0.4, -0.2) is 29.0 Å². The summed E-state index contributed by atoms with van der Waals surface area (Å²) in [7, 11) is 1.31. The highest BCUT2D eigenvalue weighted by Gasteiger charge is 2.57. The van der Waals surface area contributed by atoms with E-state index in [4.69, 9.17) is 4.74 Å². The molecule has 0 fully saturated rings. The van der Waals surface area contributed by atoms with Gasteiger partial charge in [0.2, 0.25) is 0 Å². The average molecular weight is 448 g/mol. The number of halogens is 4. The molecule has 0 radical (unpaired) electrons. The molecule has 2 unspecified atom stereocenters. The Morgan fingerprint density at radius 1 is 1.16 bits per heavy atom. The lowest BCUT2D eigenvalue weighted by molar-refractivity contribution is -0.267. The first-order valence-corrected chi connectivity index (χ1v) is 10.1. The van der Waals surface area contributed by atoms with Gasteiger partial charge in [-0.1, -0.05) is 38.1 Å². The number of H-pyrrole nitrogens is 1. The second-order valence-corrected chi connectivity index (χ2v) is 8.28. The number of fused-ring (bicyclic) bond motifs is 1. The molecule has 0 aliphatic heterocycles. The maximum absolute atomic E-state index is 14.3. The number of benzene rings is 2. The highest BCUT2D eigenvalue weighted by atomic mass is 19.4. The van der Waals surface area contributed by atoms with Gasteiger partial charge in [-0.3, -0.25) is 0 Å². The van der Waals surface area contributed by atoms with Gasteiger partial charge in [0.05, 0.1) is 12.7 Å². The molecule has 2 aromatic carbocycles. The molecule has 2 atom stereocenters. The van der Waals surface area contributed by atoms with Gasteiger partial charge in [-0.25, -0.2) is 4.39 Å². The number of nitriles is 1. The van der Waals surface area contributed by atoms with E-state index in [0.717, 1.165) is 12.1 Å². The number of aromatic amines is 1. The predicted octanol–water partition coefficient (Wildman–Crippen LogP) is 5.78. The van der Waals surface area contributed by atoms with Crippen molar-refractivity contribution in [2.24, 2.45) is 0 Å². The third-order valence-corrected chi connectivity index (χ3v) is 6.17. The minimum absolute atomic E-state index is 0.0121. The number of methoxy groups -OCH3 is 1. The fraction of sp³-hybridized carbons (Fsp3) is 0.375. The summed E-state index contributed by atoms with van der Waals surface area (Å²) in [5.74, 6) is -0.464. The molecule has 3 aromatic rings. The van der Waals surface area contributed by atoms with Crippen molar-refractivity contribution in [2.75, 3.05) is 7.11 Å². The van der Waals surface area contributed by atoms with Crippen LogP contribution in [0.15, 0.2) is 42.5 Å². The standard InChI is InChI=1S/C24H24F4N2O2/c1-4-22(2,18-10-9-15(25)11-21(18)32-3)14-23(31,24(26,27)28)12-20-17(13-29)16-7-5-6-8-19(16)30-20/h5-11,30-31H,4,12,14H2,1-3H3. The number of hydrogen-bond acceptors (Lipinski definition) is 3. The van der Waals surface area contributed by atoms with Gasteiger partial charge in [0.15, 0.2) is 5.60 Å². The van der Waals surface area contributed by atoms with E-state index >= 15 is 0 Å². The number of alkyl halides is 3. The summed E-state index contributed by atoms with van der Waals surface area (Å²) in [5, 5.41) is 21.1. The molecule has 170 valence electrons. The normalized spacial score (nSPS) is 15.7. The second-order valence-electron chi connectivity index (χ2n) is 8.28. The summed E-state index contributed by atoms with van der Waals surface area (Å²) in [6.45, 7) is 3.28. The van der Waals surface area contributed by atoms with Gasteiger partial charge in [-0.2, -0.15) is 18.4 Å². The lowest BCUT2D eigenvalue weighted by Crippen LogP contribution is -2.51. The summed E-state index contributed by atoms with van der Waals surface area (Å²) in [6, 6.07) is 12.3. The summed E-state index contributed by atoms with van der Waals surface area (Å²) in [5.41, 5.74) is -3.38. The molecule has 0 amide bonds. The number of ether oxygens (including phenoxy) is 1. The van der Waals surface area contributed by atoms with Gasteiger partial charge in [-0.15, -0.1) is 0 Å². The molecule has 8 heteroatoms. The predicted molar refractivity (Wildman–Crippen MR) is 113 cm³/mol. The van der Waals surface area contributed by atoms with E-state index in [9.17, 15) is 27.9 Å². The number of nitrogens with one attached hydrogen (secondary N) is 1. The Hall–Kier alpha value is -3.05. The average Bonchev–Trinajstić information content (AvgIpc) is 3.09. The number of aromatic nitrogens is 1. The fourth-order valence-electron chi connectivity index (χ4n) is 4.23. The van der Waals surface area contributed by atoms with Crippen LogP contribution in [0.3, 0.4) is 0 Å². The Labute approximate surface area is 183 Å². The van der Waals surface area contributed by atoms with Gasteiger partial charge in [-0.05, 0) is 30.4 Å². The van der Waals surface area contributed by atoms with E-state index < -0.39 is 35.9 Å². The molecule has 0 spiro atoms. The molecule has 0 bridgehead atoms. The summed E-state index contributed by atoms with van der Waals surface area (Å²) >= 11 is 0. The zero-order chi connectivity index (χ0) is 23.7. The molecule has 1 aromatic heterocycles. The van der Waals surface area contributed by atoms with Crippen LogP contribution in [0.1, 0.15) is 43.5 Å². The summed E-state index contributed by atoms with van der Waals surface area (Å²) < 4.78 is 61.7. The number of para-hydroxylation sites is 1. The lowest BCUT2D eigenvalue weighted by Gasteiger charge is -2.40. The zero-order valence-corrected chi connectivity index (χ0v) is 18.0. The van der Waals surface area contributed by atoms with E-state index in [2.05, 4.69) is 4.98 Å². The summed E-state index contributed by atoms with van der Waals surface area (Å²) in [4.78, 5) is 2.86. The largest absolute Gasteiger partial charge is 0.496 e. The van der Waals surface area contributed by atoms with E-state index in [-0.39, 0.29) is 23.4 Å². The van der Waals surface area contributed by atoms with Crippen LogP contribution in [0.5, 0.6) is 5.75 Å². The van der Waals surface area contributed by atoms with Crippen molar-refractivity contribution in [1.82, 2.24) is 4.98 Å². The lowest BCUT2D eigenvalue weighted by atomic mass is 9.70. The first-order valence-electron chi connectivity index (χ1n) is 10.1. The molecule has 0 aliphatic carbocycles. The van der Waals surface area contributed by atoms with Crippen molar-refractivity contribution in [3.63, 3.8) is 0 Å². The quantitative estimate of drug-likeness (QED) is 0.450. The SMILES string of the molecule is CCC(C)(CC(O)(Cc1[nH]c2ccccc2c1C#N)C(F)(F)F)c1ccc(F)cc1OC. The minimum atomic E-state index is -4.99. The van der Waals surface area contributed by atoms with Crippen LogP contribution >= 0.6 is 0 Å². The molecule has 2 N–H and O–H groups in total. The molecule has 0 saturated carbocycles. The molecule has 0 aliphatic rings. The molecular formula is C24H24F4N2O2. The van der Waals surface area contributed by atoms with Gasteiger partial charge in [0.1, 0.15) is 17.6 Å². The number of aliphatic hydroxyl groups is 1. The number of nitrogens with zero attached hydrogens (tertiary/aromatic N) is 1. The molecule has 1 heterocycles. The maximum Gasteiger partial charge on any atom is 0.417 e. The van der Waals surface area contributed by atoms with Gasteiger partial charge >= 0.3 is 6.18 Å². The third-order valence-electron chi connectivity index (χ3n) is 6.17. The Morgan fingerprint density at radius 2 is 1.84 bits per heavy atom. The van der Waals surface area contributed by atoms with Crippen LogP contribution in [0.25, 0.3) is 10.9 Å². The monoisotopic (exact) mass is 448 g/mol. The van der Waals surface area contributed by atoms with Crippen molar-refractivity contribution in [3.05, 3.63) is 65.1 Å². The van der Waals surface area contributed by atoms with Crippen molar-refractivity contribution < 1.29 is 27.4 Å². The highest BCUT2D eigenvalue weighted by molar-refractivity contribution is 5.87. The maximum atomic E-state index is 14.3. The zero-order valence-electron chi connectivity index (χ0n) is 18.0. The Bertz CT molecular complexity index is 1160. The Kier molecular flexibility index (Phi) is 6.25. The first-order chi connectivity index (χ1) is 15.0. The number of rotatable bonds is 7. The summed E-state index contributed by atoms with van der Waals surface area (Å²) in [6.07, 6.45) is -6.29. The van der Waals surface area contributed by atoms with Crippen molar-refractivity contribution in [3.8, 4) is 11.8 Å². The molecule has 4 nitrogen and oxygen atoms in total. The van der Waals surface area contributed by atoms with E-state index in [1.165, 1.54) is 13.2 Å². The topological polar surface area (TPSA) is 69.0 Å². The molecular weight excluding hydrogens is 424 g/mol. The van der Waals surface area contributed by atoms with E-state index in [1.807, 2.05) is 6.07 Å². The van der Waals surface area contributed by atoms with Crippen LogP contribution in [0.2, 0.25) is 0 Å². The van der Waals surface area contributed by atoms with Crippen molar-refractivity contribution in [2.45, 2.75) is 50.3 Å². The van der Waals surface area contributed by atoms with Gasteiger partial charge in [0.25, 0.3) is 0 Å². The minimum Gasteiger partial charge on any atom is -0.496 e. The Morgan fingerprint density at radius 3 is 2.44 bits per heavy atom. The first kappa shape index (κ1) is 23.6. The number of hydrogen-bond donors (Lipinski definition) is 2. The van der Waals surface area contributed by atoms with Crippen LogP contribution < -0.4 is 4.74 Å². The fourth-order valence-corrected chi connectivity index (χ4v) is 4.23. The Balaban J connectivity index is 2.10. The van der Waals surface area contributed by atoms with E-state index in [0.29, 0.717) is 16.5 Å². The van der Waals surface area contributed by atoms with Crippen LogP contribution in [-0.2, 0) is 11.8 Å². The van der Waals surface area contributed by atoms with Gasteiger partial charge < -0.3 is 14.8 Å². The molecule has 0 saturated heterocycles. The molecule has 3 rings (SSSR count). The third kappa shape index (κ3) is 4.17. The second kappa shape index (κ2) is 8.47. The van der Waals surface area contributed by atoms with Gasteiger partial charge in [0, 0.05) is 34.6 Å².